The number of carbonyl (C=O) groups is 1. The zero-order valence-corrected chi connectivity index (χ0v) is 15.4. The average molecular weight is 356 g/mol. The average Bonchev–Trinajstić information content (AvgIpc) is 3.26. The van der Waals surface area contributed by atoms with E-state index in [0.717, 1.165) is 62.6 Å². The zero-order chi connectivity index (χ0) is 17.8. The van der Waals surface area contributed by atoms with E-state index in [1.54, 1.807) is 0 Å². The van der Waals surface area contributed by atoms with Gasteiger partial charge in [-0.3, -0.25) is 9.69 Å². The summed E-state index contributed by atoms with van der Waals surface area (Å²) in [5, 5.41) is 8.80. The van der Waals surface area contributed by atoms with Gasteiger partial charge in [-0.05, 0) is 50.9 Å². The van der Waals surface area contributed by atoms with Crippen molar-refractivity contribution < 1.29 is 4.79 Å². The number of nitrogens with one attached hydrogen (secondary N) is 1. The number of hydrogen-bond donors (Lipinski definition) is 1. The van der Waals surface area contributed by atoms with E-state index in [1.807, 2.05) is 27.9 Å². The predicted octanol–water partition coefficient (Wildman–Crippen LogP) is 1.96. The van der Waals surface area contributed by atoms with Crippen molar-refractivity contribution in [1.29, 1.82) is 0 Å². The van der Waals surface area contributed by atoms with E-state index in [-0.39, 0.29) is 5.91 Å². The number of aryl methyl sites for hydroxylation is 2. The lowest BCUT2D eigenvalue weighted by molar-refractivity contribution is -0.131. The SMILES string of the molecule is O=C(CCc1ccc[nH]1)N1CCCn2nnc(CN3CCCCC3)c2C1. The van der Waals surface area contributed by atoms with Crippen LogP contribution in [0.5, 0.6) is 0 Å². The number of likely N-dealkylation sites (tertiary alicyclic amines) is 1. The van der Waals surface area contributed by atoms with Gasteiger partial charge >= 0.3 is 0 Å². The summed E-state index contributed by atoms with van der Waals surface area (Å²) in [6.45, 7) is 5.44. The second-order valence-electron chi connectivity index (χ2n) is 7.41. The lowest BCUT2D eigenvalue weighted by atomic mass is 10.1. The molecule has 0 spiro atoms. The van der Waals surface area contributed by atoms with Gasteiger partial charge in [0, 0.05) is 37.9 Å². The van der Waals surface area contributed by atoms with Gasteiger partial charge in [0.05, 0.1) is 12.2 Å². The first-order valence-corrected chi connectivity index (χ1v) is 9.83. The van der Waals surface area contributed by atoms with E-state index in [0.29, 0.717) is 13.0 Å². The Hall–Kier alpha value is -2.15. The van der Waals surface area contributed by atoms with Crippen molar-refractivity contribution in [2.75, 3.05) is 19.6 Å². The molecule has 1 N–H and O–H groups in total. The van der Waals surface area contributed by atoms with Gasteiger partial charge in [0.2, 0.25) is 5.91 Å². The monoisotopic (exact) mass is 356 g/mol. The number of carbonyl (C=O) groups excluding carboxylic acids is 1. The highest BCUT2D eigenvalue weighted by Crippen LogP contribution is 2.19. The van der Waals surface area contributed by atoms with Crippen molar-refractivity contribution in [2.24, 2.45) is 0 Å². The largest absolute Gasteiger partial charge is 0.365 e. The number of piperidine rings is 1. The minimum Gasteiger partial charge on any atom is -0.365 e. The summed E-state index contributed by atoms with van der Waals surface area (Å²) in [4.78, 5) is 20.4. The van der Waals surface area contributed by atoms with Crippen LogP contribution in [0.25, 0.3) is 0 Å². The summed E-state index contributed by atoms with van der Waals surface area (Å²) in [7, 11) is 0. The van der Waals surface area contributed by atoms with Crippen LogP contribution in [0.4, 0.5) is 0 Å². The molecule has 0 aliphatic carbocycles. The molecule has 0 bridgehead atoms. The van der Waals surface area contributed by atoms with E-state index in [1.165, 1.54) is 19.3 Å². The van der Waals surface area contributed by atoms with E-state index in [4.69, 9.17) is 0 Å². The smallest absolute Gasteiger partial charge is 0.223 e. The van der Waals surface area contributed by atoms with Crippen molar-refractivity contribution in [1.82, 2.24) is 29.8 Å². The van der Waals surface area contributed by atoms with Crippen LogP contribution >= 0.6 is 0 Å². The maximum atomic E-state index is 12.7. The second-order valence-corrected chi connectivity index (χ2v) is 7.41. The highest BCUT2D eigenvalue weighted by atomic mass is 16.2. The number of aromatic amines is 1. The summed E-state index contributed by atoms with van der Waals surface area (Å²) in [6, 6.07) is 4.01. The Bertz CT molecular complexity index is 716. The molecular weight excluding hydrogens is 328 g/mol. The number of aromatic nitrogens is 4. The quantitative estimate of drug-likeness (QED) is 0.889. The molecule has 140 valence electrons. The van der Waals surface area contributed by atoms with Crippen LogP contribution in [0.3, 0.4) is 0 Å². The van der Waals surface area contributed by atoms with Crippen molar-refractivity contribution in [2.45, 2.75) is 58.2 Å². The van der Waals surface area contributed by atoms with Crippen LogP contribution in [0.15, 0.2) is 18.3 Å². The number of nitrogens with zero attached hydrogens (tertiary/aromatic N) is 5. The molecule has 0 aromatic carbocycles. The first kappa shape index (κ1) is 17.3. The molecule has 1 amide bonds. The fourth-order valence-electron chi connectivity index (χ4n) is 3.98. The van der Waals surface area contributed by atoms with Crippen molar-refractivity contribution in [3.63, 3.8) is 0 Å². The molecule has 2 aromatic heterocycles. The zero-order valence-electron chi connectivity index (χ0n) is 15.4. The Labute approximate surface area is 154 Å². The third-order valence-corrected chi connectivity index (χ3v) is 5.50. The Balaban J connectivity index is 1.41. The molecule has 4 heterocycles. The third-order valence-electron chi connectivity index (χ3n) is 5.50. The molecule has 0 saturated carbocycles. The van der Waals surface area contributed by atoms with Crippen LogP contribution in [0.1, 0.15) is 49.2 Å². The number of H-pyrrole nitrogens is 1. The highest BCUT2D eigenvalue weighted by Gasteiger charge is 2.24. The molecular formula is C19H28N6O. The Morgan fingerprint density at radius 2 is 2.00 bits per heavy atom. The molecule has 0 unspecified atom stereocenters. The molecule has 26 heavy (non-hydrogen) atoms. The Morgan fingerprint density at radius 1 is 1.12 bits per heavy atom. The highest BCUT2D eigenvalue weighted by molar-refractivity contribution is 5.76. The Morgan fingerprint density at radius 3 is 2.81 bits per heavy atom. The molecule has 7 heteroatoms. The van der Waals surface area contributed by atoms with Gasteiger partial charge in [-0.25, -0.2) is 4.68 Å². The van der Waals surface area contributed by atoms with E-state index >= 15 is 0 Å². The van der Waals surface area contributed by atoms with Gasteiger partial charge in [-0.15, -0.1) is 5.10 Å². The molecule has 4 rings (SSSR count). The lowest BCUT2D eigenvalue weighted by Crippen LogP contribution is -2.32. The fraction of sp³-hybridized carbons (Fsp3) is 0.632. The molecule has 7 nitrogen and oxygen atoms in total. The van der Waals surface area contributed by atoms with Crippen molar-refractivity contribution in [3.8, 4) is 0 Å². The number of amides is 1. The first-order valence-electron chi connectivity index (χ1n) is 9.83. The summed E-state index contributed by atoms with van der Waals surface area (Å²) in [6.07, 6.45) is 8.03. The Kier molecular flexibility index (Phi) is 5.34. The molecule has 2 aromatic rings. The number of fused-ring (bicyclic) bond motifs is 1. The summed E-state index contributed by atoms with van der Waals surface area (Å²) >= 11 is 0. The van der Waals surface area contributed by atoms with E-state index in [2.05, 4.69) is 20.2 Å². The van der Waals surface area contributed by atoms with Crippen LogP contribution in [-0.2, 0) is 30.8 Å². The summed E-state index contributed by atoms with van der Waals surface area (Å²) < 4.78 is 2.01. The minimum absolute atomic E-state index is 0.221. The van der Waals surface area contributed by atoms with Crippen molar-refractivity contribution >= 4 is 5.91 Å². The van der Waals surface area contributed by atoms with E-state index < -0.39 is 0 Å². The van der Waals surface area contributed by atoms with Crippen LogP contribution in [0.2, 0.25) is 0 Å². The van der Waals surface area contributed by atoms with Crippen LogP contribution in [-0.4, -0.2) is 55.3 Å². The maximum Gasteiger partial charge on any atom is 0.223 e. The fourth-order valence-corrected chi connectivity index (χ4v) is 3.98. The third kappa shape index (κ3) is 3.98. The van der Waals surface area contributed by atoms with Crippen LogP contribution in [0, 0.1) is 0 Å². The second kappa shape index (κ2) is 8.03. The standard InChI is InChI=1S/C19H28N6O/c26-19(8-7-16-6-4-9-20-16)24-12-5-13-25-18(15-24)17(21-22-25)14-23-10-2-1-3-11-23/h4,6,9,20H,1-3,5,7-8,10-15H2. The van der Waals surface area contributed by atoms with Gasteiger partial charge in [-0.2, -0.15) is 0 Å². The maximum absolute atomic E-state index is 12.7. The molecule has 2 aliphatic rings. The molecule has 0 radical (unpaired) electrons. The van der Waals surface area contributed by atoms with Crippen LogP contribution < -0.4 is 0 Å². The van der Waals surface area contributed by atoms with Crippen molar-refractivity contribution in [3.05, 3.63) is 35.4 Å². The molecule has 1 saturated heterocycles. The molecule has 0 atom stereocenters. The number of rotatable bonds is 5. The summed E-state index contributed by atoms with van der Waals surface area (Å²) in [5.41, 5.74) is 3.29. The summed E-state index contributed by atoms with van der Waals surface area (Å²) in [5.74, 6) is 0.221. The number of hydrogen-bond acceptors (Lipinski definition) is 4. The van der Waals surface area contributed by atoms with Gasteiger partial charge in [0.15, 0.2) is 0 Å². The lowest BCUT2D eigenvalue weighted by Gasteiger charge is -2.26. The topological polar surface area (TPSA) is 70.0 Å². The first-order chi connectivity index (χ1) is 12.8. The van der Waals surface area contributed by atoms with Gasteiger partial charge in [0.25, 0.3) is 0 Å². The van der Waals surface area contributed by atoms with Gasteiger partial charge in [-0.1, -0.05) is 11.6 Å². The van der Waals surface area contributed by atoms with Gasteiger partial charge < -0.3 is 9.88 Å². The predicted molar refractivity (Wildman–Crippen MR) is 98.3 cm³/mol. The molecule has 2 aliphatic heterocycles. The minimum atomic E-state index is 0.221. The normalized spacial score (nSPS) is 18.5. The van der Waals surface area contributed by atoms with Gasteiger partial charge in [0.1, 0.15) is 5.69 Å². The van der Waals surface area contributed by atoms with E-state index in [9.17, 15) is 4.79 Å². The molecule has 1 fully saturated rings.